The van der Waals surface area contributed by atoms with Crippen LogP contribution in [0, 0.1) is 17.7 Å². The van der Waals surface area contributed by atoms with E-state index < -0.39 is 33.5 Å². The Bertz CT molecular complexity index is 1540. The standard InChI is InChI=1S/C31H39FN2O8S/c1-18(2)31-14-20(31)17-41-27-23(31)8-9-24(26(27)28(35)39-6)33-43(37,38)25-10-7-21(32)13-19(25)16-40-22-11-12-34(15-22)29(36)42-30(3,4)5/h7-10,13,18,20,22,33H,11-12,14-17H2,1-6H3. The first-order valence-corrected chi connectivity index (χ1v) is 15.9. The molecular weight excluding hydrogens is 579 g/mol. The number of rotatable bonds is 8. The molecule has 2 aliphatic heterocycles. The van der Waals surface area contributed by atoms with Gasteiger partial charge in [-0.2, -0.15) is 0 Å². The van der Waals surface area contributed by atoms with E-state index >= 15 is 0 Å². The van der Waals surface area contributed by atoms with Gasteiger partial charge in [-0.05, 0) is 63.8 Å². The van der Waals surface area contributed by atoms with Crippen LogP contribution < -0.4 is 9.46 Å². The minimum atomic E-state index is -4.32. The number of carbonyl (C=O) groups is 2. The first-order chi connectivity index (χ1) is 20.2. The van der Waals surface area contributed by atoms with E-state index in [9.17, 15) is 22.4 Å². The number of nitrogens with zero attached hydrogens (tertiary/aromatic N) is 1. The second-order valence-corrected chi connectivity index (χ2v) is 14.4. The third kappa shape index (κ3) is 6.04. The normalized spacial score (nSPS) is 22.8. The van der Waals surface area contributed by atoms with Crippen molar-refractivity contribution in [1.82, 2.24) is 4.90 Å². The predicted octanol–water partition coefficient (Wildman–Crippen LogP) is 5.25. The van der Waals surface area contributed by atoms with E-state index in [0.717, 1.165) is 30.2 Å². The van der Waals surface area contributed by atoms with Crippen molar-refractivity contribution in [1.29, 1.82) is 0 Å². The van der Waals surface area contributed by atoms with Crippen LogP contribution in [-0.2, 0) is 36.3 Å². The third-order valence-corrected chi connectivity index (χ3v) is 9.95. The average Bonchev–Trinajstić information content (AvgIpc) is 3.51. The van der Waals surface area contributed by atoms with Crippen molar-refractivity contribution < 1.29 is 41.3 Å². The first-order valence-electron chi connectivity index (χ1n) is 14.5. The van der Waals surface area contributed by atoms with Gasteiger partial charge in [0, 0.05) is 29.0 Å². The lowest BCUT2D eigenvalue weighted by atomic mass is 9.80. The Kier molecular flexibility index (Phi) is 8.14. The lowest BCUT2D eigenvalue weighted by Crippen LogP contribution is -2.36. The van der Waals surface area contributed by atoms with Crippen molar-refractivity contribution in [3.63, 3.8) is 0 Å². The molecule has 3 aliphatic rings. The van der Waals surface area contributed by atoms with Crippen molar-refractivity contribution in [3.05, 3.63) is 52.8 Å². The van der Waals surface area contributed by atoms with Crippen LogP contribution in [0.4, 0.5) is 14.9 Å². The number of amides is 1. The molecule has 3 atom stereocenters. The summed E-state index contributed by atoms with van der Waals surface area (Å²) in [6, 6.07) is 6.68. The third-order valence-electron chi connectivity index (χ3n) is 8.49. The number of hydrogen-bond donors (Lipinski definition) is 1. The van der Waals surface area contributed by atoms with E-state index in [2.05, 4.69) is 18.6 Å². The number of benzene rings is 2. The van der Waals surface area contributed by atoms with E-state index in [1.807, 2.05) is 6.07 Å². The molecule has 2 heterocycles. The Morgan fingerprint density at radius 2 is 1.95 bits per heavy atom. The highest BCUT2D eigenvalue weighted by atomic mass is 32.2. The van der Waals surface area contributed by atoms with Crippen molar-refractivity contribution in [2.24, 2.45) is 11.8 Å². The molecule has 1 amide bonds. The summed E-state index contributed by atoms with van der Waals surface area (Å²) in [5.41, 5.74) is 0.202. The summed E-state index contributed by atoms with van der Waals surface area (Å²) in [5.74, 6) is -0.398. The van der Waals surface area contributed by atoms with Crippen molar-refractivity contribution in [2.75, 3.05) is 31.5 Å². The monoisotopic (exact) mass is 618 g/mol. The van der Waals surface area contributed by atoms with Gasteiger partial charge in [-0.25, -0.2) is 22.4 Å². The molecule has 3 unspecified atom stereocenters. The maximum absolute atomic E-state index is 14.3. The smallest absolute Gasteiger partial charge is 0.410 e. The fourth-order valence-electron chi connectivity index (χ4n) is 6.26. The van der Waals surface area contributed by atoms with Crippen molar-refractivity contribution in [3.8, 4) is 5.75 Å². The Balaban J connectivity index is 1.38. The molecule has 1 saturated heterocycles. The summed E-state index contributed by atoms with van der Waals surface area (Å²) in [7, 11) is -3.10. The molecule has 0 bridgehead atoms. The van der Waals surface area contributed by atoms with Gasteiger partial charge in [0.1, 0.15) is 22.7 Å². The van der Waals surface area contributed by atoms with Gasteiger partial charge >= 0.3 is 12.1 Å². The van der Waals surface area contributed by atoms with Gasteiger partial charge in [0.15, 0.2) is 0 Å². The molecule has 234 valence electrons. The van der Waals surface area contributed by atoms with E-state index in [0.29, 0.717) is 37.2 Å². The van der Waals surface area contributed by atoms with Crippen LogP contribution in [-0.4, -0.2) is 63.9 Å². The highest BCUT2D eigenvalue weighted by Gasteiger charge is 2.61. The molecule has 2 fully saturated rings. The number of ether oxygens (including phenoxy) is 4. The highest BCUT2D eigenvalue weighted by Crippen LogP contribution is 2.64. The number of likely N-dealkylation sites (tertiary alicyclic amines) is 1. The van der Waals surface area contributed by atoms with E-state index in [4.69, 9.17) is 18.9 Å². The number of esters is 1. The molecule has 2 aromatic carbocycles. The van der Waals surface area contributed by atoms with Crippen LogP contribution in [0.2, 0.25) is 0 Å². The Morgan fingerprint density at radius 3 is 2.63 bits per heavy atom. The molecule has 1 saturated carbocycles. The topological polar surface area (TPSA) is 120 Å². The van der Waals surface area contributed by atoms with Crippen LogP contribution in [0.1, 0.15) is 68.9 Å². The highest BCUT2D eigenvalue weighted by molar-refractivity contribution is 7.92. The second kappa shape index (κ2) is 11.3. The maximum Gasteiger partial charge on any atom is 0.410 e. The largest absolute Gasteiger partial charge is 0.492 e. The van der Waals surface area contributed by atoms with Gasteiger partial charge in [-0.1, -0.05) is 19.9 Å². The first kappa shape index (κ1) is 31.1. The van der Waals surface area contributed by atoms with Gasteiger partial charge in [-0.3, -0.25) is 4.72 Å². The van der Waals surface area contributed by atoms with Crippen LogP contribution in [0.15, 0.2) is 35.2 Å². The quantitative estimate of drug-likeness (QED) is 0.399. The number of sulfonamides is 1. The summed E-state index contributed by atoms with van der Waals surface area (Å²) >= 11 is 0. The number of fused-ring (bicyclic) bond motifs is 3. The molecule has 2 aromatic rings. The number of carbonyl (C=O) groups excluding carboxylic acids is 2. The molecule has 12 heteroatoms. The van der Waals surface area contributed by atoms with E-state index in [1.165, 1.54) is 12.0 Å². The lowest BCUT2D eigenvalue weighted by Gasteiger charge is -2.31. The molecule has 43 heavy (non-hydrogen) atoms. The number of hydrogen-bond acceptors (Lipinski definition) is 8. The van der Waals surface area contributed by atoms with Gasteiger partial charge in [-0.15, -0.1) is 0 Å². The zero-order valence-corrected chi connectivity index (χ0v) is 26.2. The molecular formula is C31H39FN2O8S. The molecule has 0 aromatic heterocycles. The van der Waals surface area contributed by atoms with Crippen LogP contribution in [0.25, 0.3) is 0 Å². The van der Waals surface area contributed by atoms with Gasteiger partial charge in [0.2, 0.25) is 0 Å². The Hall–Kier alpha value is -3.38. The van der Waals surface area contributed by atoms with E-state index in [-0.39, 0.29) is 46.4 Å². The van der Waals surface area contributed by atoms with E-state index in [1.54, 1.807) is 26.8 Å². The van der Waals surface area contributed by atoms with Crippen molar-refractivity contribution >= 4 is 27.8 Å². The molecule has 1 aliphatic carbocycles. The Labute approximate surface area is 251 Å². The fourth-order valence-corrected chi connectivity index (χ4v) is 7.54. The SMILES string of the molecule is COC(=O)c1c(NS(=O)(=O)c2ccc(F)cc2COC2CCN(C(=O)OC(C)(C)C)C2)ccc2c1OCC1CC21C(C)C. The number of halogens is 1. The summed E-state index contributed by atoms with van der Waals surface area (Å²) in [5, 5.41) is 0. The molecule has 10 nitrogen and oxygen atoms in total. The van der Waals surface area contributed by atoms with Gasteiger partial charge in [0.05, 0.1) is 43.6 Å². The summed E-state index contributed by atoms with van der Waals surface area (Å²) in [4.78, 5) is 26.7. The summed E-state index contributed by atoms with van der Waals surface area (Å²) in [6.07, 6.45) is 0.607. The zero-order valence-electron chi connectivity index (χ0n) is 25.4. The second-order valence-electron chi connectivity index (χ2n) is 12.8. The van der Waals surface area contributed by atoms with Crippen LogP contribution in [0.5, 0.6) is 5.75 Å². The average molecular weight is 619 g/mol. The summed E-state index contributed by atoms with van der Waals surface area (Å²) in [6.45, 7) is 10.5. The van der Waals surface area contributed by atoms with Crippen LogP contribution in [0.3, 0.4) is 0 Å². The van der Waals surface area contributed by atoms with Gasteiger partial charge in [0.25, 0.3) is 10.0 Å². The Morgan fingerprint density at radius 1 is 1.21 bits per heavy atom. The summed E-state index contributed by atoms with van der Waals surface area (Å²) < 4.78 is 66.7. The number of anilines is 1. The van der Waals surface area contributed by atoms with Gasteiger partial charge < -0.3 is 23.8 Å². The molecule has 5 rings (SSSR count). The predicted molar refractivity (Wildman–Crippen MR) is 156 cm³/mol. The fraction of sp³-hybridized carbons (Fsp3) is 0.548. The lowest BCUT2D eigenvalue weighted by molar-refractivity contribution is 0.0181. The minimum absolute atomic E-state index is 0.00190. The molecule has 0 spiro atoms. The minimum Gasteiger partial charge on any atom is -0.492 e. The molecule has 1 N–H and O–H groups in total. The number of nitrogens with one attached hydrogen (secondary N) is 1. The van der Waals surface area contributed by atoms with Crippen molar-refractivity contribution in [2.45, 2.75) is 76.1 Å². The molecule has 0 radical (unpaired) electrons. The maximum atomic E-state index is 14.3. The zero-order chi connectivity index (χ0) is 31.3. The number of methoxy groups -OCH3 is 1. The van der Waals surface area contributed by atoms with Crippen LogP contribution >= 0.6 is 0 Å².